The fraction of sp³-hybridized carbons (Fsp3) is 0.231. The van der Waals surface area contributed by atoms with Crippen molar-refractivity contribution < 1.29 is 9.13 Å². The fourth-order valence-electron chi connectivity index (χ4n) is 1.51. The standard InChI is InChI=1S/C13H12BrClFNOS/c14-9-5-10(16)7-11(6-9)18-4-3-17-8-12-1-2-13(15)19-12/h1-2,5-7,17H,3-4,8H2. The largest absolute Gasteiger partial charge is 0.492 e. The number of thiophene rings is 1. The number of rotatable bonds is 6. The van der Waals surface area contributed by atoms with Crippen LogP contribution in [0.15, 0.2) is 34.8 Å². The SMILES string of the molecule is Fc1cc(Br)cc(OCCNCc2ccc(Cl)s2)c1. The van der Waals surface area contributed by atoms with Gasteiger partial charge in [0.25, 0.3) is 0 Å². The van der Waals surface area contributed by atoms with Gasteiger partial charge in [-0.1, -0.05) is 27.5 Å². The van der Waals surface area contributed by atoms with Crippen LogP contribution in [0, 0.1) is 5.82 Å². The molecule has 1 N–H and O–H groups in total. The highest BCUT2D eigenvalue weighted by atomic mass is 79.9. The lowest BCUT2D eigenvalue weighted by Gasteiger charge is -2.07. The predicted octanol–water partition coefficient (Wildman–Crippen LogP) is 4.47. The van der Waals surface area contributed by atoms with Gasteiger partial charge in [0, 0.05) is 28.5 Å². The first-order valence-corrected chi connectivity index (χ1v) is 7.66. The van der Waals surface area contributed by atoms with Gasteiger partial charge in [0.15, 0.2) is 0 Å². The van der Waals surface area contributed by atoms with Gasteiger partial charge in [-0.15, -0.1) is 11.3 Å². The molecule has 0 saturated carbocycles. The normalized spacial score (nSPS) is 10.7. The molecular weight excluding hydrogens is 353 g/mol. The maximum Gasteiger partial charge on any atom is 0.128 e. The Balaban J connectivity index is 1.69. The summed E-state index contributed by atoms with van der Waals surface area (Å²) in [4.78, 5) is 1.18. The van der Waals surface area contributed by atoms with E-state index in [1.807, 2.05) is 12.1 Å². The Kier molecular flexibility index (Phi) is 5.63. The monoisotopic (exact) mass is 363 g/mol. The zero-order chi connectivity index (χ0) is 13.7. The summed E-state index contributed by atoms with van der Waals surface area (Å²) in [7, 11) is 0. The van der Waals surface area contributed by atoms with Crippen molar-refractivity contribution in [2.45, 2.75) is 6.54 Å². The maximum absolute atomic E-state index is 13.1. The molecule has 19 heavy (non-hydrogen) atoms. The minimum absolute atomic E-state index is 0.314. The van der Waals surface area contributed by atoms with Crippen LogP contribution in [-0.2, 0) is 6.54 Å². The quantitative estimate of drug-likeness (QED) is 0.764. The van der Waals surface area contributed by atoms with Crippen molar-refractivity contribution in [3.8, 4) is 5.75 Å². The van der Waals surface area contributed by atoms with Gasteiger partial charge in [0.1, 0.15) is 18.2 Å². The number of nitrogens with one attached hydrogen (secondary N) is 1. The van der Waals surface area contributed by atoms with E-state index in [1.165, 1.54) is 17.0 Å². The van der Waals surface area contributed by atoms with Crippen molar-refractivity contribution in [2.24, 2.45) is 0 Å². The third-order valence-electron chi connectivity index (χ3n) is 2.31. The fourth-order valence-corrected chi connectivity index (χ4v) is 3.01. The predicted molar refractivity (Wildman–Crippen MR) is 80.6 cm³/mol. The summed E-state index contributed by atoms with van der Waals surface area (Å²) < 4.78 is 20.0. The maximum atomic E-state index is 13.1. The molecule has 1 aromatic heterocycles. The van der Waals surface area contributed by atoms with E-state index >= 15 is 0 Å². The van der Waals surface area contributed by atoms with Crippen molar-refractivity contribution in [1.29, 1.82) is 0 Å². The van der Waals surface area contributed by atoms with Crippen molar-refractivity contribution in [2.75, 3.05) is 13.2 Å². The summed E-state index contributed by atoms with van der Waals surface area (Å²) in [5, 5.41) is 3.24. The summed E-state index contributed by atoms with van der Waals surface area (Å²) in [5.41, 5.74) is 0. The molecule has 0 unspecified atom stereocenters. The molecule has 0 atom stereocenters. The molecule has 0 radical (unpaired) electrons. The van der Waals surface area contributed by atoms with E-state index < -0.39 is 0 Å². The van der Waals surface area contributed by atoms with E-state index in [2.05, 4.69) is 21.2 Å². The lowest BCUT2D eigenvalue weighted by atomic mass is 10.3. The van der Waals surface area contributed by atoms with Crippen LogP contribution in [-0.4, -0.2) is 13.2 Å². The van der Waals surface area contributed by atoms with Crippen LogP contribution in [0.4, 0.5) is 4.39 Å². The number of benzene rings is 1. The zero-order valence-electron chi connectivity index (χ0n) is 9.96. The Labute approximate surface area is 128 Å². The van der Waals surface area contributed by atoms with Crippen LogP contribution < -0.4 is 10.1 Å². The lowest BCUT2D eigenvalue weighted by molar-refractivity contribution is 0.312. The van der Waals surface area contributed by atoms with Gasteiger partial charge in [-0.05, 0) is 24.3 Å². The second kappa shape index (κ2) is 7.24. The highest BCUT2D eigenvalue weighted by molar-refractivity contribution is 9.10. The molecule has 0 fully saturated rings. The van der Waals surface area contributed by atoms with Crippen molar-refractivity contribution in [3.05, 3.63) is 49.8 Å². The molecule has 0 amide bonds. The summed E-state index contributed by atoms with van der Waals surface area (Å²) in [6.07, 6.45) is 0. The number of ether oxygens (including phenoxy) is 1. The molecule has 6 heteroatoms. The van der Waals surface area contributed by atoms with Crippen molar-refractivity contribution in [1.82, 2.24) is 5.32 Å². The van der Waals surface area contributed by atoms with Crippen LogP contribution >= 0.6 is 38.9 Å². The Morgan fingerprint density at radius 2 is 2.16 bits per heavy atom. The number of hydrogen-bond donors (Lipinski definition) is 1. The van der Waals surface area contributed by atoms with Crippen LogP contribution in [0.3, 0.4) is 0 Å². The van der Waals surface area contributed by atoms with E-state index in [0.717, 1.165) is 10.9 Å². The first-order chi connectivity index (χ1) is 9.13. The van der Waals surface area contributed by atoms with Gasteiger partial charge in [0.2, 0.25) is 0 Å². The Morgan fingerprint density at radius 3 is 2.84 bits per heavy atom. The summed E-state index contributed by atoms with van der Waals surface area (Å²) in [5.74, 6) is 0.207. The second-order valence-corrected chi connectivity index (χ2v) is 6.55. The van der Waals surface area contributed by atoms with Gasteiger partial charge < -0.3 is 10.1 Å². The average Bonchev–Trinajstić information content (AvgIpc) is 2.73. The first-order valence-electron chi connectivity index (χ1n) is 5.67. The zero-order valence-corrected chi connectivity index (χ0v) is 13.1. The molecule has 2 nitrogen and oxygen atoms in total. The molecule has 0 aliphatic rings. The van der Waals surface area contributed by atoms with E-state index in [-0.39, 0.29) is 5.82 Å². The molecule has 2 rings (SSSR count). The van der Waals surface area contributed by atoms with Crippen molar-refractivity contribution in [3.63, 3.8) is 0 Å². The number of hydrogen-bond acceptors (Lipinski definition) is 3. The van der Waals surface area contributed by atoms with E-state index in [1.54, 1.807) is 17.4 Å². The molecule has 0 aliphatic heterocycles. The lowest BCUT2D eigenvalue weighted by Crippen LogP contribution is -2.20. The molecule has 0 bridgehead atoms. The van der Waals surface area contributed by atoms with Gasteiger partial charge in [-0.2, -0.15) is 0 Å². The summed E-state index contributed by atoms with van der Waals surface area (Å²) in [6.45, 7) is 1.92. The molecule has 0 saturated heterocycles. The van der Waals surface area contributed by atoms with Gasteiger partial charge in [-0.3, -0.25) is 0 Å². The van der Waals surface area contributed by atoms with E-state index in [0.29, 0.717) is 23.4 Å². The van der Waals surface area contributed by atoms with Crippen LogP contribution in [0.25, 0.3) is 0 Å². The molecule has 0 aliphatic carbocycles. The average molecular weight is 365 g/mol. The minimum Gasteiger partial charge on any atom is -0.492 e. The highest BCUT2D eigenvalue weighted by Gasteiger charge is 2.00. The molecule has 0 spiro atoms. The topological polar surface area (TPSA) is 21.3 Å². The van der Waals surface area contributed by atoms with Gasteiger partial charge >= 0.3 is 0 Å². The van der Waals surface area contributed by atoms with Crippen LogP contribution in [0.1, 0.15) is 4.88 Å². The van der Waals surface area contributed by atoms with Gasteiger partial charge in [-0.25, -0.2) is 4.39 Å². The Bertz CT molecular complexity index is 529. The first kappa shape index (κ1) is 14.8. The smallest absolute Gasteiger partial charge is 0.128 e. The number of halogens is 3. The van der Waals surface area contributed by atoms with Crippen LogP contribution in [0.2, 0.25) is 4.34 Å². The highest BCUT2D eigenvalue weighted by Crippen LogP contribution is 2.21. The summed E-state index contributed by atoms with van der Waals surface area (Å²) >= 11 is 10.6. The molecular formula is C13H12BrClFNOS. The molecule has 2 aromatic rings. The van der Waals surface area contributed by atoms with Crippen LogP contribution in [0.5, 0.6) is 5.75 Å². The molecule has 1 aromatic carbocycles. The van der Waals surface area contributed by atoms with Crippen molar-refractivity contribution >= 4 is 38.9 Å². The van der Waals surface area contributed by atoms with E-state index in [4.69, 9.17) is 16.3 Å². The van der Waals surface area contributed by atoms with E-state index in [9.17, 15) is 4.39 Å². The van der Waals surface area contributed by atoms with Gasteiger partial charge in [0.05, 0.1) is 4.34 Å². The third-order valence-corrected chi connectivity index (χ3v) is 4.00. The Hall–Kier alpha value is -0.620. The summed E-state index contributed by atoms with van der Waals surface area (Å²) in [6, 6.07) is 8.37. The second-order valence-electron chi connectivity index (χ2n) is 3.84. The molecule has 1 heterocycles. The molecule has 102 valence electrons. The Morgan fingerprint density at radius 1 is 1.32 bits per heavy atom. The third kappa shape index (κ3) is 5.10. The minimum atomic E-state index is -0.314.